The maximum atomic E-state index is 12.6. The fraction of sp³-hybridized carbons (Fsp3) is 0.0769. The second-order valence-corrected chi connectivity index (χ2v) is 4.81. The van der Waals surface area contributed by atoms with Crippen molar-refractivity contribution in [2.24, 2.45) is 7.05 Å². The first-order valence-corrected chi connectivity index (χ1v) is 6.41. The molecule has 3 rings (SSSR count). The Kier molecular flexibility index (Phi) is 2.87. The van der Waals surface area contributed by atoms with E-state index in [1.807, 2.05) is 30.3 Å². The van der Waals surface area contributed by atoms with Gasteiger partial charge in [0, 0.05) is 18.6 Å². The Morgan fingerprint density at radius 2 is 2.05 bits per heavy atom. The Labute approximate surface area is 117 Å². The van der Waals surface area contributed by atoms with Crippen LogP contribution in [0, 0.1) is 0 Å². The lowest BCUT2D eigenvalue weighted by atomic mass is 10.1. The van der Waals surface area contributed by atoms with Crippen LogP contribution in [0.25, 0.3) is 10.8 Å². The Morgan fingerprint density at radius 3 is 2.79 bits per heavy atom. The maximum absolute atomic E-state index is 12.6. The molecule has 0 atom stereocenters. The second kappa shape index (κ2) is 4.55. The zero-order chi connectivity index (χ0) is 13.4. The number of ketones is 1. The van der Waals surface area contributed by atoms with Crippen molar-refractivity contribution in [1.29, 1.82) is 0 Å². The predicted molar refractivity (Wildman–Crippen MR) is 73.9 cm³/mol. The van der Waals surface area contributed by atoms with Crippen LogP contribution in [0.3, 0.4) is 0 Å². The Balaban J connectivity index is 2.23. The van der Waals surface area contributed by atoms with E-state index in [0.29, 0.717) is 16.0 Å². The van der Waals surface area contributed by atoms with Crippen LogP contribution in [-0.4, -0.2) is 25.8 Å². The van der Waals surface area contributed by atoms with E-state index in [1.165, 1.54) is 4.68 Å². The molecule has 0 saturated heterocycles. The van der Waals surface area contributed by atoms with Gasteiger partial charge in [-0.1, -0.05) is 29.5 Å². The van der Waals surface area contributed by atoms with Crippen molar-refractivity contribution in [3.8, 4) is 0 Å². The average molecular weight is 317 g/mol. The average Bonchev–Trinajstić information content (AvgIpc) is 2.77. The zero-order valence-corrected chi connectivity index (χ0v) is 11.6. The quantitative estimate of drug-likeness (QED) is 0.681. The molecule has 2 heterocycles. The molecule has 0 amide bonds. The van der Waals surface area contributed by atoms with Gasteiger partial charge in [-0.15, -0.1) is 5.10 Å². The van der Waals surface area contributed by atoms with Gasteiger partial charge in [-0.05, 0) is 27.4 Å². The Morgan fingerprint density at radius 1 is 1.26 bits per heavy atom. The fourth-order valence-corrected chi connectivity index (χ4v) is 2.49. The van der Waals surface area contributed by atoms with Crippen LogP contribution < -0.4 is 0 Å². The Bertz CT molecular complexity index is 756. The number of pyridine rings is 1. The molecule has 2 aromatic heterocycles. The smallest absolute Gasteiger partial charge is 0.232 e. The molecule has 94 valence electrons. The number of carbonyl (C=O) groups is 1. The van der Waals surface area contributed by atoms with Crippen molar-refractivity contribution < 1.29 is 4.79 Å². The largest absolute Gasteiger partial charge is 0.285 e. The van der Waals surface area contributed by atoms with Crippen molar-refractivity contribution in [2.75, 3.05) is 0 Å². The summed E-state index contributed by atoms with van der Waals surface area (Å²) in [6.45, 7) is 0. The van der Waals surface area contributed by atoms with E-state index in [-0.39, 0.29) is 5.78 Å². The minimum absolute atomic E-state index is 0.198. The van der Waals surface area contributed by atoms with Gasteiger partial charge in [-0.2, -0.15) is 0 Å². The summed E-state index contributed by atoms with van der Waals surface area (Å²) < 4.78 is 1.87. The van der Waals surface area contributed by atoms with Gasteiger partial charge in [-0.25, -0.2) is 4.68 Å². The predicted octanol–water partition coefficient (Wildman–Crippen LogP) is 2.36. The molecular formula is C13H9BrN4O. The molecule has 0 N–H and O–H groups in total. The number of hydrogen-bond acceptors (Lipinski definition) is 4. The highest BCUT2D eigenvalue weighted by Gasteiger charge is 2.21. The summed E-state index contributed by atoms with van der Waals surface area (Å²) >= 11 is 3.24. The van der Waals surface area contributed by atoms with Crippen LogP contribution in [0.15, 0.2) is 41.1 Å². The number of fused-ring (bicyclic) bond motifs is 1. The van der Waals surface area contributed by atoms with Gasteiger partial charge in [-0.3, -0.25) is 9.78 Å². The molecule has 0 fully saturated rings. The molecule has 3 aromatic rings. The van der Waals surface area contributed by atoms with E-state index in [2.05, 4.69) is 31.2 Å². The van der Waals surface area contributed by atoms with E-state index in [9.17, 15) is 4.79 Å². The van der Waals surface area contributed by atoms with Crippen LogP contribution in [0.5, 0.6) is 0 Å². The molecule has 19 heavy (non-hydrogen) atoms. The normalized spacial score (nSPS) is 10.8. The molecule has 0 aliphatic heterocycles. The molecule has 0 unspecified atom stereocenters. The molecular weight excluding hydrogens is 308 g/mol. The van der Waals surface area contributed by atoms with Gasteiger partial charge < -0.3 is 0 Å². The number of carbonyl (C=O) groups excluding carboxylic acids is 1. The molecule has 0 aliphatic carbocycles. The number of aryl methyl sites for hydroxylation is 1. The van der Waals surface area contributed by atoms with Gasteiger partial charge in [0.05, 0.1) is 0 Å². The number of rotatable bonds is 2. The van der Waals surface area contributed by atoms with E-state index in [0.717, 1.165) is 10.8 Å². The first-order chi connectivity index (χ1) is 9.18. The molecule has 0 radical (unpaired) electrons. The lowest BCUT2D eigenvalue weighted by Gasteiger charge is -2.04. The monoisotopic (exact) mass is 316 g/mol. The van der Waals surface area contributed by atoms with E-state index in [4.69, 9.17) is 0 Å². The molecule has 5 nitrogen and oxygen atoms in total. The maximum Gasteiger partial charge on any atom is 0.232 e. The van der Waals surface area contributed by atoms with Gasteiger partial charge in [0.2, 0.25) is 5.78 Å². The van der Waals surface area contributed by atoms with Gasteiger partial charge in [0.15, 0.2) is 4.60 Å². The van der Waals surface area contributed by atoms with Crippen LogP contribution in [0.2, 0.25) is 0 Å². The van der Waals surface area contributed by atoms with Crippen molar-refractivity contribution in [3.05, 3.63) is 52.5 Å². The van der Waals surface area contributed by atoms with Crippen LogP contribution in [0.1, 0.15) is 16.2 Å². The number of hydrogen-bond donors (Lipinski definition) is 0. The molecule has 1 aromatic carbocycles. The van der Waals surface area contributed by atoms with Gasteiger partial charge in [0.1, 0.15) is 11.4 Å². The summed E-state index contributed by atoms with van der Waals surface area (Å²) in [6, 6.07) is 9.52. The van der Waals surface area contributed by atoms with Crippen molar-refractivity contribution in [3.63, 3.8) is 0 Å². The van der Waals surface area contributed by atoms with Crippen molar-refractivity contribution in [2.45, 2.75) is 0 Å². The molecule has 0 aliphatic rings. The molecule has 0 saturated carbocycles. The summed E-state index contributed by atoms with van der Waals surface area (Å²) in [4.78, 5) is 16.8. The minimum atomic E-state index is -0.198. The highest BCUT2D eigenvalue weighted by atomic mass is 79.9. The van der Waals surface area contributed by atoms with E-state index >= 15 is 0 Å². The lowest BCUT2D eigenvalue weighted by Crippen LogP contribution is -2.11. The van der Waals surface area contributed by atoms with Gasteiger partial charge >= 0.3 is 0 Å². The van der Waals surface area contributed by atoms with E-state index < -0.39 is 0 Å². The summed E-state index contributed by atoms with van der Waals surface area (Å²) in [7, 11) is 1.68. The molecule has 6 heteroatoms. The van der Waals surface area contributed by atoms with E-state index in [1.54, 1.807) is 13.2 Å². The van der Waals surface area contributed by atoms with Crippen LogP contribution in [0.4, 0.5) is 0 Å². The second-order valence-electron chi connectivity index (χ2n) is 4.06. The number of nitrogens with zero attached hydrogens (tertiary/aromatic N) is 4. The first kappa shape index (κ1) is 12.0. The highest BCUT2D eigenvalue weighted by molar-refractivity contribution is 9.10. The summed E-state index contributed by atoms with van der Waals surface area (Å²) in [5.74, 6) is -0.198. The third kappa shape index (κ3) is 1.94. The van der Waals surface area contributed by atoms with Crippen molar-refractivity contribution >= 4 is 32.5 Å². The fourth-order valence-electron chi connectivity index (χ4n) is 1.99. The minimum Gasteiger partial charge on any atom is -0.285 e. The highest BCUT2D eigenvalue weighted by Crippen LogP contribution is 2.21. The summed E-state index contributed by atoms with van der Waals surface area (Å²) in [5, 5.41) is 9.44. The number of halogens is 1. The molecule has 0 spiro atoms. The van der Waals surface area contributed by atoms with Crippen molar-refractivity contribution in [1.82, 2.24) is 20.0 Å². The topological polar surface area (TPSA) is 60.7 Å². The zero-order valence-electron chi connectivity index (χ0n) is 10.0. The number of benzene rings is 1. The number of aromatic nitrogens is 4. The third-order valence-electron chi connectivity index (χ3n) is 2.89. The molecule has 0 bridgehead atoms. The standard InChI is InChI=1S/C13H9BrN4O/c1-18-11(13(14)16-17-18)12(19)10-9-5-3-2-4-8(9)6-7-15-10/h2-7H,1H3. The third-order valence-corrected chi connectivity index (χ3v) is 3.42. The Hall–Kier alpha value is -2.08. The lowest BCUT2D eigenvalue weighted by molar-refractivity contribution is 0.102. The summed E-state index contributed by atoms with van der Waals surface area (Å²) in [5.41, 5.74) is 0.799. The van der Waals surface area contributed by atoms with Crippen LogP contribution in [-0.2, 0) is 7.05 Å². The first-order valence-electron chi connectivity index (χ1n) is 5.62. The summed E-state index contributed by atoms with van der Waals surface area (Å²) in [6.07, 6.45) is 1.63. The van der Waals surface area contributed by atoms with Gasteiger partial charge in [0.25, 0.3) is 0 Å². The van der Waals surface area contributed by atoms with Crippen LogP contribution >= 0.6 is 15.9 Å². The SMILES string of the molecule is Cn1nnc(Br)c1C(=O)c1nccc2ccccc12.